The molecule has 204 valence electrons. The molecule has 0 spiro atoms. The Labute approximate surface area is 215 Å². The second-order valence-corrected chi connectivity index (χ2v) is 36.1. The summed E-state index contributed by atoms with van der Waals surface area (Å²) in [4.78, 5) is 5.30. The van der Waals surface area contributed by atoms with Gasteiger partial charge in [-0.2, -0.15) is 0 Å². The molecule has 0 aromatic rings. The zero-order valence-electron chi connectivity index (χ0n) is 25.0. The van der Waals surface area contributed by atoms with E-state index in [1.807, 2.05) is 0 Å². The van der Waals surface area contributed by atoms with Crippen LogP contribution in [-0.4, -0.2) is 85.9 Å². The van der Waals surface area contributed by atoms with E-state index in [0.717, 1.165) is 0 Å². The lowest BCUT2D eigenvalue weighted by Gasteiger charge is -2.42. The van der Waals surface area contributed by atoms with Crippen molar-refractivity contribution >= 4 is 47.3 Å². The smallest absolute Gasteiger partial charge is 0.184 e. The molecule has 0 rings (SSSR count). The van der Waals surface area contributed by atoms with Gasteiger partial charge in [0.2, 0.25) is 0 Å². The summed E-state index contributed by atoms with van der Waals surface area (Å²) in [6, 6.07) is 0. The third kappa shape index (κ3) is 17.7. The first-order chi connectivity index (χ1) is 14.9. The highest BCUT2D eigenvalue weighted by molar-refractivity contribution is 6.71. The van der Waals surface area contributed by atoms with Crippen LogP contribution in [0.1, 0.15) is 0 Å². The van der Waals surface area contributed by atoms with Gasteiger partial charge in [0.1, 0.15) is 25.0 Å². The summed E-state index contributed by atoms with van der Waals surface area (Å²) < 4.78 is 33.1. The topological polar surface area (TPSA) is 67.7 Å². The van der Waals surface area contributed by atoms with Crippen molar-refractivity contribution in [3.05, 3.63) is 0 Å². The van der Waals surface area contributed by atoms with E-state index in [-0.39, 0.29) is 12.2 Å². The fraction of sp³-hybridized carbons (Fsp3) is 0.955. The molecule has 0 aromatic heterocycles. The maximum absolute atomic E-state index is 6.87. The Bertz CT molecular complexity index is 630. The zero-order chi connectivity index (χ0) is 27.2. The molecule has 0 radical (unpaired) electrons. The van der Waals surface area contributed by atoms with E-state index < -0.39 is 47.7 Å². The van der Waals surface area contributed by atoms with Crippen LogP contribution in [0.4, 0.5) is 0 Å². The highest BCUT2D eigenvalue weighted by atomic mass is 28.4. The Hall–Kier alpha value is 0.354. The van der Waals surface area contributed by atoms with Gasteiger partial charge >= 0.3 is 0 Å². The molecular weight excluding hydrogens is 515 g/mol. The predicted octanol–water partition coefficient (Wildman–Crippen LogP) is 6.35. The first-order valence-electron chi connectivity index (χ1n) is 12.3. The van der Waals surface area contributed by atoms with Crippen molar-refractivity contribution in [3.63, 3.8) is 0 Å². The van der Waals surface area contributed by atoms with Crippen molar-refractivity contribution in [3.8, 4) is 0 Å². The summed E-state index contributed by atoms with van der Waals surface area (Å²) in [7, 11) is -7.95. The molecule has 0 heterocycles. The van der Waals surface area contributed by atoms with Gasteiger partial charge in [-0.25, -0.2) is 0 Å². The predicted molar refractivity (Wildman–Crippen MR) is 158 cm³/mol. The van der Waals surface area contributed by atoms with Crippen LogP contribution in [0, 0.1) is 0 Å². The van der Waals surface area contributed by atoms with Crippen LogP contribution in [0.15, 0.2) is 5.16 Å². The minimum Gasteiger partial charge on any atom is -0.415 e. The molecule has 0 fully saturated rings. The maximum atomic E-state index is 6.87. The van der Waals surface area contributed by atoms with Gasteiger partial charge < -0.3 is 27.0 Å². The van der Waals surface area contributed by atoms with Crippen LogP contribution in [0.25, 0.3) is 0 Å². The molecule has 0 saturated heterocycles. The molecule has 0 bridgehead atoms. The lowest BCUT2D eigenvalue weighted by molar-refractivity contribution is -0.0307. The van der Waals surface area contributed by atoms with Crippen molar-refractivity contribution in [1.29, 1.82) is 0 Å². The second kappa shape index (κ2) is 13.2. The normalized spacial score (nSPS) is 17.5. The first kappa shape index (κ1) is 34.4. The molecule has 0 aliphatic heterocycles. The Morgan fingerprint density at radius 3 is 1.38 bits per heavy atom. The van der Waals surface area contributed by atoms with Crippen LogP contribution >= 0.6 is 0 Å². The van der Waals surface area contributed by atoms with Gasteiger partial charge in [-0.15, -0.1) is 0 Å². The fourth-order valence-electron chi connectivity index (χ4n) is 3.00. The second-order valence-electron chi connectivity index (χ2n) is 13.7. The molecule has 3 atom stereocenters. The summed E-state index contributed by atoms with van der Waals surface area (Å²) in [6.07, 6.45) is -1.10. The Morgan fingerprint density at radius 2 is 1.03 bits per heavy atom. The molecule has 0 aliphatic rings. The largest absolute Gasteiger partial charge is 0.415 e. The van der Waals surface area contributed by atoms with Gasteiger partial charge in [-0.1, -0.05) is 5.16 Å². The summed E-state index contributed by atoms with van der Waals surface area (Å²) >= 11 is 0. The number of hydrogen-bond acceptors (Lipinski definition) is 7. The van der Waals surface area contributed by atoms with E-state index in [4.69, 9.17) is 27.0 Å². The van der Waals surface area contributed by atoms with Gasteiger partial charge in [0.05, 0.1) is 19.3 Å². The van der Waals surface area contributed by atoms with E-state index in [2.05, 4.69) is 103 Å². The van der Waals surface area contributed by atoms with E-state index in [1.165, 1.54) is 0 Å². The average Bonchev–Trinajstić information content (AvgIpc) is 2.54. The highest BCUT2D eigenvalue weighted by Crippen LogP contribution is 2.26. The molecule has 0 aliphatic carbocycles. The standard InChI is InChI=1S/C22H55NO6Si5/c1-24-23-19(17-25-30(2,3)4)21(28-33(11,12)13)22(29-34(14,15)16)20(27-32(8,9)10)18-26-31(5,6)7/h20-22H,17-18H2,1-16H3. The zero-order valence-corrected chi connectivity index (χ0v) is 30.0. The average molecular weight is 570 g/mol. The quantitative estimate of drug-likeness (QED) is 0.123. The van der Waals surface area contributed by atoms with Crippen molar-refractivity contribution in [2.45, 2.75) is 117 Å². The Balaban J connectivity index is 6.64. The highest BCUT2D eigenvalue weighted by Gasteiger charge is 2.43. The third-order valence-electron chi connectivity index (χ3n) is 4.01. The Kier molecular flexibility index (Phi) is 13.4. The van der Waals surface area contributed by atoms with Gasteiger partial charge in [-0.3, -0.25) is 0 Å². The number of oxime groups is 1. The molecule has 3 unspecified atom stereocenters. The van der Waals surface area contributed by atoms with E-state index >= 15 is 0 Å². The molecule has 0 N–H and O–H groups in total. The van der Waals surface area contributed by atoms with E-state index in [0.29, 0.717) is 18.9 Å². The van der Waals surface area contributed by atoms with Gasteiger partial charge in [0.15, 0.2) is 41.6 Å². The maximum Gasteiger partial charge on any atom is 0.184 e. The lowest BCUT2D eigenvalue weighted by Crippen LogP contribution is -2.58. The van der Waals surface area contributed by atoms with Gasteiger partial charge in [0, 0.05) is 0 Å². The van der Waals surface area contributed by atoms with Gasteiger partial charge in [0.25, 0.3) is 0 Å². The summed E-state index contributed by atoms with van der Waals surface area (Å²) in [5, 5.41) is 4.42. The molecule has 0 saturated carbocycles. The minimum absolute atomic E-state index is 0.277. The fourth-order valence-corrected chi connectivity index (χ4v) is 7.48. The summed E-state index contributed by atoms with van der Waals surface area (Å²) in [5.41, 5.74) is 0.716. The molecule has 0 aromatic carbocycles. The summed E-state index contributed by atoms with van der Waals surface area (Å²) in [6.45, 7) is 33.6. The van der Waals surface area contributed by atoms with Crippen molar-refractivity contribution in [2.75, 3.05) is 20.3 Å². The van der Waals surface area contributed by atoms with Crippen LogP contribution in [-0.2, 0) is 27.0 Å². The minimum atomic E-state index is -2.01. The SMILES string of the molecule is CON=C(CO[Si](C)(C)C)C(O[Si](C)(C)C)C(O[Si](C)(C)C)C(CO[Si](C)(C)C)O[Si](C)(C)C. The third-order valence-corrected chi connectivity index (χ3v) is 9.00. The molecular formula is C22H55NO6Si5. The molecule has 34 heavy (non-hydrogen) atoms. The Morgan fingerprint density at radius 1 is 0.588 bits per heavy atom. The van der Waals surface area contributed by atoms with Crippen LogP contribution in [0.3, 0.4) is 0 Å². The number of nitrogens with zero attached hydrogens (tertiary/aromatic N) is 1. The van der Waals surface area contributed by atoms with Crippen LogP contribution in [0.5, 0.6) is 0 Å². The van der Waals surface area contributed by atoms with E-state index in [1.54, 1.807) is 7.11 Å². The molecule has 0 amide bonds. The monoisotopic (exact) mass is 569 g/mol. The van der Waals surface area contributed by atoms with Gasteiger partial charge in [-0.05, 0) is 98.2 Å². The van der Waals surface area contributed by atoms with E-state index in [9.17, 15) is 0 Å². The van der Waals surface area contributed by atoms with Crippen LogP contribution < -0.4 is 0 Å². The summed E-state index contributed by atoms with van der Waals surface area (Å²) in [5.74, 6) is 0. The first-order valence-corrected chi connectivity index (χ1v) is 29.4. The molecule has 12 heteroatoms. The lowest BCUT2D eigenvalue weighted by atomic mass is 10.0. The van der Waals surface area contributed by atoms with Crippen molar-refractivity contribution < 1.29 is 27.0 Å². The number of rotatable bonds is 16. The van der Waals surface area contributed by atoms with Crippen molar-refractivity contribution in [2.24, 2.45) is 5.16 Å². The molecule has 7 nitrogen and oxygen atoms in total. The number of hydrogen-bond donors (Lipinski definition) is 0. The van der Waals surface area contributed by atoms with Crippen LogP contribution in [0.2, 0.25) is 98.2 Å². The van der Waals surface area contributed by atoms with Crippen molar-refractivity contribution in [1.82, 2.24) is 0 Å².